The SMILES string of the molecule is O=C(CSc1nnc(-c2ccc(Br)cc2)o1)Nc1ccc2ccccc2c1. The summed E-state index contributed by atoms with van der Waals surface area (Å²) >= 11 is 4.60. The predicted octanol–water partition coefficient (Wildman–Crippen LogP) is 5.38. The number of carbonyl (C=O) groups excluding carboxylic acids is 1. The second-order valence-corrected chi connectivity index (χ2v) is 7.62. The summed E-state index contributed by atoms with van der Waals surface area (Å²) in [6.07, 6.45) is 0. The van der Waals surface area contributed by atoms with Crippen molar-refractivity contribution >= 4 is 50.1 Å². The van der Waals surface area contributed by atoms with E-state index in [1.807, 2.05) is 66.7 Å². The Morgan fingerprint density at radius 2 is 1.78 bits per heavy atom. The molecule has 0 aliphatic heterocycles. The number of halogens is 1. The summed E-state index contributed by atoms with van der Waals surface area (Å²) in [7, 11) is 0. The average Bonchev–Trinajstić information content (AvgIpc) is 3.16. The van der Waals surface area contributed by atoms with Gasteiger partial charge in [-0.15, -0.1) is 10.2 Å². The summed E-state index contributed by atoms with van der Waals surface area (Å²) in [5.41, 5.74) is 1.60. The first kappa shape index (κ1) is 17.8. The van der Waals surface area contributed by atoms with Crippen molar-refractivity contribution < 1.29 is 9.21 Å². The van der Waals surface area contributed by atoms with E-state index >= 15 is 0 Å². The number of benzene rings is 3. The minimum absolute atomic E-state index is 0.126. The van der Waals surface area contributed by atoms with E-state index in [1.54, 1.807) is 0 Å². The lowest BCUT2D eigenvalue weighted by Crippen LogP contribution is -2.13. The number of fused-ring (bicyclic) bond motifs is 1. The molecule has 134 valence electrons. The lowest BCUT2D eigenvalue weighted by molar-refractivity contribution is -0.113. The van der Waals surface area contributed by atoms with Crippen LogP contribution in [0, 0.1) is 0 Å². The highest BCUT2D eigenvalue weighted by atomic mass is 79.9. The summed E-state index contributed by atoms with van der Waals surface area (Å²) in [6.45, 7) is 0. The number of nitrogens with zero attached hydrogens (tertiary/aromatic N) is 2. The molecule has 0 saturated heterocycles. The fourth-order valence-corrected chi connectivity index (χ4v) is 3.40. The molecule has 7 heteroatoms. The minimum atomic E-state index is -0.126. The van der Waals surface area contributed by atoms with Crippen molar-refractivity contribution in [1.82, 2.24) is 10.2 Å². The first-order valence-electron chi connectivity index (χ1n) is 8.18. The molecule has 0 saturated carbocycles. The Morgan fingerprint density at radius 1 is 1.00 bits per heavy atom. The first-order chi connectivity index (χ1) is 13.2. The van der Waals surface area contributed by atoms with E-state index in [2.05, 4.69) is 31.4 Å². The Balaban J connectivity index is 1.37. The molecule has 0 aliphatic carbocycles. The van der Waals surface area contributed by atoms with Gasteiger partial charge in [0.05, 0.1) is 5.75 Å². The molecular formula is C20H14BrN3O2S. The number of aromatic nitrogens is 2. The summed E-state index contributed by atoms with van der Waals surface area (Å²) in [5.74, 6) is 0.494. The quantitative estimate of drug-likeness (QED) is 0.422. The van der Waals surface area contributed by atoms with Gasteiger partial charge in [0.25, 0.3) is 5.22 Å². The van der Waals surface area contributed by atoms with E-state index in [9.17, 15) is 4.79 Å². The van der Waals surface area contributed by atoms with Crippen LogP contribution in [0.2, 0.25) is 0 Å². The van der Waals surface area contributed by atoms with E-state index < -0.39 is 0 Å². The van der Waals surface area contributed by atoms with Crippen molar-refractivity contribution in [3.63, 3.8) is 0 Å². The number of hydrogen-bond acceptors (Lipinski definition) is 5. The van der Waals surface area contributed by atoms with Gasteiger partial charge in [-0.3, -0.25) is 4.79 Å². The summed E-state index contributed by atoms with van der Waals surface area (Å²) in [4.78, 5) is 12.2. The average molecular weight is 440 g/mol. The van der Waals surface area contributed by atoms with Gasteiger partial charge in [-0.25, -0.2) is 0 Å². The number of thioether (sulfide) groups is 1. The Morgan fingerprint density at radius 3 is 2.59 bits per heavy atom. The molecular weight excluding hydrogens is 426 g/mol. The Bertz CT molecular complexity index is 1100. The standard InChI is InChI=1S/C20H14BrN3O2S/c21-16-8-5-14(6-9-16)19-23-24-20(26-19)27-12-18(25)22-17-10-7-13-3-1-2-4-15(13)11-17/h1-11H,12H2,(H,22,25). The second kappa shape index (κ2) is 7.94. The van der Waals surface area contributed by atoms with Gasteiger partial charge in [-0.05, 0) is 47.2 Å². The zero-order valence-electron chi connectivity index (χ0n) is 14.1. The van der Waals surface area contributed by atoms with Gasteiger partial charge in [0, 0.05) is 15.7 Å². The van der Waals surface area contributed by atoms with E-state index in [-0.39, 0.29) is 11.7 Å². The molecule has 3 aromatic carbocycles. The highest BCUT2D eigenvalue weighted by molar-refractivity contribution is 9.10. The second-order valence-electron chi connectivity index (χ2n) is 5.78. The van der Waals surface area contributed by atoms with Crippen LogP contribution in [0.15, 0.2) is 80.8 Å². The van der Waals surface area contributed by atoms with Gasteiger partial charge >= 0.3 is 0 Å². The van der Waals surface area contributed by atoms with E-state index in [0.29, 0.717) is 11.1 Å². The van der Waals surface area contributed by atoms with Gasteiger partial charge < -0.3 is 9.73 Å². The first-order valence-corrected chi connectivity index (χ1v) is 9.96. The van der Waals surface area contributed by atoms with Crippen LogP contribution in [0.4, 0.5) is 5.69 Å². The van der Waals surface area contributed by atoms with Crippen LogP contribution in [-0.2, 0) is 4.79 Å². The largest absolute Gasteiger partial charge is 0.411 e. The van der Waals surface area contributed by atoms with Crippen LogP contribution >= 0.6 is 27.7 Å². The number of amides is 1. The molecule has 27 heavy (non-hydrogen) atoms. The maximum absolute atomic E-state index is 12.2. The molecule has 0 fully saturated rings. The highest BCUT2D eigenvalue weighted by Crippen LogP contribution is 2.25. The molecule has 0 radical (unpaired) electrons. The predicted molar refractivity (Wildman–Crippen MR) is 111 cm³/mol. The Labute approximate surface area is 168 Å². The van der Waals surface area contributed by atoms with Crippen molar-refractivity contribution in [3.8, 4) is 11.5 Å². The molecule has 0 aliphatic rings. The third-order valence-corrected chi connectivity index (χ3v) is 5.20. The third kappa shape index (κ3) is 4.37. The number of anilines is 1. The summed E-state index contributed by atoms with van der Waals surface area (Å²) in [5, 5.41) is 13.5. The van der Waals surface area contributed by atoms with Gasteiger partial charge in [-0.2, -0.15) is 0 Å². The fourth-order valence-electron chi connectivity index (χ4n) is 2.57. The maximum Gasteiger partial charge on any atom is 0.277 e. The molecule has 1 N–H and O–H groups in total. The molecule has 5 nitrogen and oxygen atoms in total. The van der Waals surface area contributed by atoms with Crippen molar-refractivity contribution in [2.75, 3.05) is 11.1 Å². The molecule has 0 unspecified atom stereocenters. The van der Waals surface area contributed by atoms with Crippen LogP contribution in [0.25, 0.3) is 22.2 Å². The van der Waals surface area contributed by atoms with E-state index in [0.717, 1.165) is 26.5 Å². The summed E-state index contributed by atoms with van der Waals surface area (Å²) < 4.78 is 6.59. The lowest BCUT2D eigenvalue weighted by atomic mass is 10.1. The highest BCUT2D eigenvalue weighted by Gasteiger charge is 2.11. The summed E-state index contributed by atoms with van der Waals surface area (Å²) in [6, 6.07) is 21.4. The van der Waals surface area contributed by atoms with Gasteiger partial charge in [-0.1, -0.05) is 58.0 Å². The van der Waals surface area contributed by atoms with Gasteiger partial charge in [0.1, 0.15) is 0 Å². The maximum atomic E-state index is 12.2. The lowest BCUT2D eigenvalue weighted by Gasteiger charge is -2.05. The Kier molecular flexibility index (Phi) is 5.22. The van der Waals surface area contributed by atoms with Crippen LogP contribution in [-0.4, -0.2) is 21.9 Å². The smallest absolute Gasteiger partial charge is 0.277 e. The van der Waals surface area contributed by atoms with Crippen molar-refractivity contribution in [1.29, 1.82) is 0 Å². The van der Waals surface area contributed by atoms with Crippen molar-refractivity contribution in [2.24, 2.45) is 0 Å². The number of hydrogen-bond donors (Lipinski definition) is 1. The van der Waals surface area contributed by atoms with Crippen LogP contribution < -0.4 is 5.32 Å². The molecule has 4 rings (SSSR count). The van der Waals surface area contributed by atoms with Gasteiger partial charge in [0.15, 0.2) is 0 Å². The normalized spacial score (nSPS) is 10.9. The van der Waals surface area contributed by atoms with E-state index in [1.165, 1.54) is 11.8 Å². The molecule has 1 amide bonds. The number of carbonyl (C=O) groups is 1. The van der Waals surface area contributed by atoms with Crippen LogP contribution in [0.3, 0.4) is 0 Å². The fraction of sp³-hybridized carbons (Fsp3) is 0.0500. The third-order valence-electron chi connectivity index (χ3n) is 3.86. The van der Waals surface area contributed by atoms with Crippen LogP contribution in [0.1, 0.15) is 0 Å². The number of rotatable bonds is 5. The van der Waals surface area contributed by atoms with Crippen LogP contribution in [0.5, 0.6) is 0 Å². The molecule has 0 spiro atoms. The Hall–Kier alpha value is -2.64. The van der Waals surface area contributed by atoms with Crippen molar-refractivity contribution in [2.45, 2.75) is 5.22 Å². The molecule has 1 heterocycles. The molecule has 1 aromatic heterocycles. The molecule has 0 atom stereocenters. The van der Waals surface area contributed by atoms with E-state index in [4.69, 9.17) is 4.42 Å². The zero-order chi connectivity index (χ0) is 18.6. The topological polar surface area (TPSA) is 68.0 Å². The monoisotopic (exact) mass is 439 g/mol. The minimum Gasteiger partial charge on any atom is -0.411 e. The van der Waals surface area contributed by atoms with Crippen molar-refractivity contribution in [3.05, 3.63) is 71.2 Å². The zero-order valence-corrected chi connectivity index (χ0v) is 16.5. The number of nitrogens with one attached hydrogen (secondary N) is 1. The van der Waals surface area contributed by atoms with Gasteiger partial charge in [0.2, 0.25) is 11.8 Å². The molecule has 4 aromatic rings. The molecule has 0 bridgehead atoms.